The summed E-state index contributed by atoms with van der Waals surface area (Å²) in [6.45, 7) is 4.32. The van der Waals surface area contributed by atoms with Crippen LogP contribution in [0.5, 0.6) is 0 Å². The highest BCUT2D eigenvalue weighted by Gasteiger charge is 2.16. The summed E-state index contributed by atoms with van der Waals surface area (Å²) in [5.41, 5.74) is -0.237. The molecule has 0 aromatic rings. The number of rotatable bonds is 4. The van der Waals surface area contributed by atoms with Crippen LogP contribution in [0.3, 0.4) is 0 Å². The molecule has 1 amide bonds. The molecule has 0 saturated carbocycles. The topological polar surface area (TPSA) is 49.3 Å². The molecule has 0 aliphatic heterocycles. The number of aliphatic hydroxyl groups excluding tert-OH is 1. The average Bonchev–Trinajstić information content (AvgIpc) is 2.00. The van der Waals surface area contributed by atoms with E-state index in [-0.39, 0.29) is 23.7 Å². The van der Waals surface area contributed by atoms with Gasteiger partial charge in [-0.05, 0) is 0 Å². The van der Waals surface area contributed by atoms with Gasteiger partial charge in [0, 0.05) is 18.6 Å². The summed E-state index contributed by atoms with van der Waals surface area (Å²) in [6, 6.07) is 0. The second-order valence-corrected chi connectivity index (χ2v) is 3.57. The van der Waals surface area contributed by atoms with Crippen molar-refractivity contribution in [3.8, 4) is 0 Å². The molecule has 0 saturated heterocycles. The first-order chi connectivity index (χ1) is 5.02. The molecular formula is C7H15NO2S. The van der Waals surface area contributed by atoms with E-state index in [4.69, 9.17) is 5.11 Å². The number of carbonyl (C=O) groups excluding carboxylic acids is 1. The van der Waals surface area contributed by atoms with Gasteiger partial charge < -0.3 is 10.4 Å². The van der Waals surface area contributed by atoms with Gasteiger partial charge in [-0.25, -0.2) is 0 Å². The molecule has 0 aromatic carbocycles. The summed E-state index contributed by atoms with van der Waals surface area (Å²) in [5.74, 6) is 0.0940. The molecule has 0 heterocycles. The van der Waals surface area contributed by atoms with Crippen LogP contribution in [0.2, 0.25) is 0 Å². The van der Waals surface area contributed by atoms with Crippen molar-refractivity contribution in [3.63, 3.8) is 0 Å². The number of aliphatic hydroxyl groups is 1. The Kier molecular flexibility index (Phi) is 4.52. The minimum atomic E-state index is -0.237. The third kappa shape index (κ3) is 5.09. The number of thiol groups is 1. The van der Waals surface area contributed by atoms with Crippen LogP contribution in [-0.4, -0.2) is 29.9 Å². The van der Waals surface area contributed by atoms with Gasteiger partial charge in [0.25, 0.3) is 0 Å². The summed E-state index contributed by atoms with van der Waals surface area (Å²) in [6.07, 6.45) is 0. The standard InChI is InChI=1S/C7H15NO2S/c1-7(2,5-9)4-8-6(10)3-11/h9,11H,3-5H2,1-2H3,(H,8,10). The molecule has 66 valence electrons. The summed E-state index contributed by atoms with van der Waals surface area (Å²) in [5, 5.41) is 11.5. The Bertz CT molecular complexity index is 136. The molecule has 0 aliphatic rings. The van der Waals surface area contributed by atoms with Gasteiger partial charge in [-0.2, -0.15) is 12.6 Å². The Morgan fingerprint density at radius 2 is 2.18 bits per heavy atom. The molecule has 0 unspecified atom stereocenters. The lowest BCUT2D eigenvalue weighted by Gasteiger charge is -2.21. The van der Waals surface area contributed by atoms with E-state index >= 15 is 0 Å². The highest BCUT2D eigenvalue weighted by atomic mass is 32.1. The third-order valence-electron chi connectivity index (χ3n) is 1.34. The van der Waals surface area contributed by atoms with Gasteiger partial charge in [-0.15, -0.1) is 0 Å². The smallest absolute Gasteiger partial charge is 0.229 e. The molecule has 0 rings (SSSR count). The van der Waals surface area contributed by atoms with Gasteiger partial charge in [0.2, 0.25) is 5.91 Å². The van der Waals surface area contributed by atoms with E-state index in [0.29, 0.717) is 6.54 Å². The van der Waals surface area contributed by atoms with Crippen molar-refractivity contribution >= 4 is 18.5 Å². The highest BCUT2D eigenvalue weighted by molar-refractivity contribution is 7.81. The van der Waals surface area contributed by atoms with Crippen molar-refractivity contribution in [1.29, 1.82) is 0 Å². The highest BCUT2D eigenvalue weighted by Crippen LogP contribution is 2.10. The van der Waals surface area contributed by atoms with E-state index in [0.717, 1.165) is 0 Å². The Morgan fingerprint density at radius 1 is 1.64 bits per heavy atom. The van der Waals surface area contributed by atoms with Gasteiger partial charge in [-0.3, -0.25) is 4.79 Å². The van der Waals surface area contributed by atoms with Crippen LogP contribution in [0.15, 0.2) is 0 Å². The normalized spacial score (nSPS) is 11.3. The second kappa shape index (κ2) is 4.62. The Labute approximate surface area is 72.6 Å². The van der Waals surface area contributed by atoms with Crippen LogP contribution >= 0.6 is 12.6 Å². The maximum atomic E-state index is 10.7. The fourth-order valence-corrected chi connectivity index (χ4v) is 0.561. The minimum absolute atomic E-state index is 0.0693. The van der Waals surface area contributed by atoms with E-state index in [9.17, 15) is 4.79 Å². The third-order valence-corrected chi connectivity index (χ3v) is 1.62. The minimum Gasteiger partial charge on any atom is -0.396 e. The van der Waals surface area contributed by atoms with Crippen LogP contribution in [0.1, 0.15) is 13.8 Å². The zero-order chi connectivity index (χ0) is 8.91. The molecule has 0 radical (unpaired) electrons. The van der Waals surface area contributed by atoms with Crippen molar-refractivity contribution < 1.29 is 9.90 Å². The molecule has 0 bridgehead atoms. The van der Waals surface area contributed by atoms with Gasteiger partial charge in [0.1, 0.15) is 0 Å². The first kappa shape index (κ1) is 10.8. The van der Waals surface area contributed by atoms with E-state index in [1.165, 1.54) is 0 Å². The monoisotopic (exact) mass is 177 g/mol. The van der Waals surface area contributed by atoms with Gasteiger partial charge >= 0.3 is 0 Å². The van der Waals surface area contributed by atoms with Crippen LogP contribution < -0.4 is 5.32 Å². The van der Waals surface area contributed by atoms with Crippen LogP contribution in [0, 0.1) is 5.41 Å². The molecule has 0 aliphatic carbocycles. The predicted molar refractivity (Wildman–Crippen MR) is 47.7 cm³/mol. The summed E-state index contributed by atoms with van der Waals surface area (Å²) in [7, 11) is 0. The van der Waals surface area contributed by atoms with E-state index in [1.54, 1.807) is 0 Å². The van der Waals surface area contributed by atoms with Crippen LogP contribution in [-0.2, 0) is 4.79 Å². The number of hydrogen-bond acceptors (Lipinski definition) is 3. The average molecular weight is 177 g/mol. The molecule has 11 heavy (non-hydrogen) atoms. The van der Waals surface area contributed by atoms with Crippen molar-refractivity contribution in [3.05, 3.63) is 0 Å². The van der Waals surface area contributed by atoms with Crippen molar-refractivity contribution in [2.45, 2.75) is 13.8 Å². The van der Waals surface area contributed by atoms with E-state index < -0.39 is 0 Å². The first-order valence-electron chi connectivity index (χ1n) is 3.50. The molecule has 0 fully saturated rings. The molecule has 4 heteroatoms. The SMILES string of the molecule is CC(C)(CO)CNC(=O)CS. The van der Waals surface area contributed by atoms with Gasteiger partial charge in [0.15, 0.2) is 0 Å². The molecular weight excluding hydrogens is 162 g/mol. The number of hydrogen-bond donors (Lipinski definition) is 3. The number of amides is 1. The molecule has 3 nitrogen and oxygen atoms in total. The zero-order valence-corrected chi connectivity index (χ0v) is 7.82. The summed E-state index contributed by atoms with van der Waals surface area (Å²) < 4.78 is 0. The first-order valence-corrected chi connectivity index (χ1v) is 4.13. The van der Waals surface area contributed by atoms with Crippen LogP contribution in [0.4, 0.5) is 0 Å². The Hall–Kier alpha value is -0.220. The zero-order valence-electron chi connectivity index (χ0n) is 6.92. The fraction of sp³-hybridized carbons (Fsp3) is 0.857. The maximum absolute atomic E-state index is 10.7. The molecule has 0 aromatic heterocycles. The summed E-state index contributed by atoms with van der Waals surface area (Å²) >= 11 is 3.80. The molecule has 0 atom stereocenters. The lowest BCUT2D eigenvalue weighted by Crippen LogP contribution is -2.36. The second-order valence-electron chi connectivity index (χ2n) is 3.26. The largest absolute Gasteiger partial charge is 0.396 e. The van der Waals surface area contributed by atoms with Gasteiger partial charge in [-0.1, -0.05) is 13.8 Å². The number of carbonyl (C=O) groups is 1. The Morgan fingerprint density at radius 3 is 2.55 bits per heavy atom. The van der Waals surface area contributed by atoms with E-state index in [2.05, 4.69) is 17.9 Å². The fourth-order valence-electron chi connectivity index (χ4n) is 0.450. The summed E-state index contributed by atoms with van der Waals surface area (Å²) in [4.78, 5) is 10.7. The predicted octanol–water partition coefficient (Wildman–Crippen LogP) is 0.0509. The maximum Gasteiger partial charge on any atom is 0.229 e. The van der Waals surface area contributed by atoms with E-state index in [1.807, 2.05) is 13.8 Å². The molecule has 2 N–H and O–H groups in total. The van der Waals surface area contributed by atoms with Crippen molar-refractivity contribution in [2.24, 2.45) is 5.41 Å². The quantitative estimate of drug-likeness (QED) is 0.531. The van der Waals surface area contributed by atoms with Gasteiger partial charge in [0.05, 0.1) is 5.75 Å². The number of nitrogens with one attached hydrogen (secondary N) is 1. The molecule has 0 spiro atoms. The lowest BCUT2D eigenvalue weighted by molar-refractivity contribution is -0.119. The van der Waals surface area contributed by atoms with Crippen molar-refractivity contribution in [2.75, 3.05) is 18.9 Å². The Balaban J connectivity index is 3.61. The van der Waals surface area contributed by atoms with Crippen molar-refractivity contribution in [1.82, 2.24) is 5.32 Å². The van der Waals surface area contributed by atoms with Crippen LogP contribution in [0.25, 0.3) is 0 Å². The lowest BCUT2D eigenvalue weighted by atomic mass is 9.95.